The van der Waals surface area contributed by atoms with Crippen LogP contribution in [0.5, 0.6) is 11.6 Å². The molecule has 2 N–H and O–H groups in total. The average molecular weight is 582 g/mol. The van der Waals surface area contributed by atoms with Gasteiger partial charge in [0, 0.05) is 24.5 Å². The molecule has 6 nitrogen and oxygen atoms in total. The van der Waals surface area contributed by atoms with Gasteiger partial charge in [-0.2, -0.15) is 13.2 Å². The van der Waals surface area contributed by atoms with Gasteiger partial charge < -0.3 is 24.9 Å². The van der Waals surface area contributed by atoms with Crippen molar-refractivity contribution in [3.05, 3.63) is 81.0 Å². The predicted molar refractivity (Wildman–Crippen MR) is 145 cm³/mol. The number of hydrogen-bond acceptors (Lipinski definition) is 6. The van der Waals surface area contributed by atoms with E-state index in [1.54, 1.807) is 30.5 Å². The Morgan fingerprint density at radius 2 is 1.82 bits per heavy atom. The summed E-state index contributed by atoms with van der Waals surface area (Å²) in [6.45, 7) is 2.85. The maximum Gasteiger partial charge on any atom is 0.416 e. The van der Waals surface area contributed by atoms with Crippen LogP contribution in [0.3, 0.4) is 0 Å². The molecule has 0 amide bonds. The van der Waals surface area contributed by atoms with Gasteiger partial charge in [-0.05, 0) is 73.2 Å². The van der Waals surface area contributed by atoms with Crippen LogP contribution in [0.25, 0.3) is 0 Å². The molecule has 1 aromatic heterocycles. The fourth-order valence-corrected chi connectivity index (χ4v) is 5.30. The van der Waals surface area contributed by atoms with Gasteiger partial charge in [-0.25, -0.2) is 4.98 Å². The maximum atomic E-state index is 13.2. The Labute approximate surface area is 234 Å². The summed E-state index contributed by atoms with van der Waals surface area (Å²) in [6.07, 6.45) is -1.24. The van der Waals surface area contributed by atoms with Crippen molar-refractivity contribution in [3.8, 4) is 11.6 Å². The molecule has 2 heterocycles. The van der Waals surface area contributed by atoms with Crippen molar-refractivity contribution in [1.82, 2.24) is 4.98 Å². The molecule has 0 radical (unpaired) electrons. The van der Waals surface area contributed by atoms with Crippen molar-refractivity contribution in [2.24, 2.45) is 11.7 Å². The van der Waals surface area contributed by atoms with E-state index in [1.165, 1.54) is 12.1 Å². The van der Waals surface area contributed by atoms with E-state index in [2.05, 4.69) is 4.98 Å². The molecule has 0 saturated carbocycles. The minimum absolute atomic E-state index is 0.204. The average Bonchev–Trinajstić information content (AvgIpc) is 2.90. The van der Waals surface area contributed by atoms with Crippen molar-refractivity contribution in [3.63, 3.8) is 0 Å². The highest BCUT2D eigenvalue weighted by molar-refractivity contribution is 6.37. The molecular weight excluding hydrogens is 554 g/mol. The minimum Gasteiger partial charge on any atom is -0.487 e. The number of halogens is 5. The number of nitrogens with two attached hydrogens (primary N) is 1. The van der Waals surface area contributed by atoms with E-state index in [9.17, 15) is 18.0 Å². The van der Waals surface area contributed by atoms with Gasteiger partial charge in [-0.15, -0.1) is 0 Å². The molecule has 0 aliphatic carbocycles. The first-order chi connectivity index (χ1) is 18.6. The number of rotatable bonds is 10. The Hall–Kier alpha value is -3.01. The molecule has 11 heteroatoms. The highest BCUT2D eigenvalue weighted by atomic mass is 35.5. The van der Waals surface area contributed by atoms with Crippen LogP contribution in [-0.2, 0) is 23.8 Å². The summed E-state index contributed by atoms with van der Waals surface area (Å²) >= 11 is 12.4. The normalized spacial score (nSPS) is 14.9. The van der Waals surface area contributed by atoms with E-state index in [1.807, 2.05) is 11.8 Å². The van der Waals surface area contributed by atoms with E-state index in [4.69, 9.17) is 38.4 Å². The number of pyridine rings is 1. The van der Waals surface area contributed by atoms with Gasteiger partial charge in [0.1, 0.15) is 19.5 Å². The summed E-state index contributed by atoms with van der Waals surface area (Å²) in [5, 5.41) is 0.842. The van der Waals surface area contributed by atoms with E-state index in [0.29, 0.717) is 58.7 Å². The van der Waals surface area contributed by atoms with Crippen LogP contribution in [0, 0.1) is 12.8 Å². The summed E-state index contributed by atoms with van der Waals surface area (Å²) in [6, 6.07) is 10.7. The number of carbonyl (C=O) groups is 1. The van der Waals surface area contributed by atoms with E-state index < -0.39 is 23.8 Å². The van der Waals surface area contributed by atoms with Gasteiger partial charge in [0.05, 0.1) is 27.7 Å². The van der Waals surface area contributed by atoms with Crippen molar-refractivity contribution >= 4 is 35.2 Å². The molecular formula is C28H28Cl2F3N3O3. The van der Waals surface area contributed by atoms with Crippen molar-refractivity contribution in [2.75, 3.05) is 24.7 Å². The number of aromatic nitrogens is 1. The maximum absolute atomic E-state index is 13.2. The molecule has 2 unspecified atom stereocenters. The standard InChI is InChI=1S/C28H28Cl2F3N3O3/c1-17-11-22(29)26(23(30)12-17)39-10-9-38-25-7-4-18(15-35-25)13-20(16-37)27(34)36-8-2-3-19-14-21(28(31,32)33)5-6-24(19)36/h4-7,11-12,14-16,20,27H,2-3,8-10,13,34H2,1H3. The zero-order valence-electron chi connectivity index (χ0n) is 21.2. The highest BCUT2D eigenvalue weighted by Gasteiger charge is 2.33. The van der Waals surface area contributed by atoms with Crippen molar-refractivity contribution in [1.29, 1.82) is 0 Å². The first-order valence-corrected chi connectivity index (χ1v) is 13.2. The second kappa shape index (κ2) is 12.4. The summed E-state index contributed by atoms with van der Waals surface area (Å²) in [4.78, 5) is 18.1. The smallest absolute Gasteiger partial charge is 0.416 e. The lowest BCUT2D eigenvalue weighted by Crippen LogP contribution is -2.50. The monoisotopic (exact) mass is 581 g/mol. The van der Waals surface area contributed by atoms with Crippen LogP contribution in [0.15, 0.2) is 48.7 Å². The van der Waals surface area contributed by atoms with Crippen LogP contribution < -0.4 is 20.1 Å². The third kappa shape index (κ3) is 7.15. The number of ether oxygens (including phenoxy) is 2. The van der Waals surface area contributed by atoms with Crippen LogP contribution in [-0.4, -0.2) is 37.2 Å². The highest BCUT2D eigenvalue weighted by Crippen LogP contribution is 2.36. The zero-order valence-corrected chi connectivity index (χ0v) is 22.7. The topological polar surface area (TPSA) is 77.7 Å². The molecule has 0 bridgehead atoms. The molecule has 0 fully saturated rings. The molecule has 1 aliphatic heterocycles. The molecule has 2 atom stereocenters. The van der Waals surface area contributed by atoms with E-state index >= 15 is 0 Å². The molecule has 1 aliphatic rings. The summed E-state index contributed by atoms with van der Waals surface area (Å²) in [5.41, 5.74) is 8.69. The summed E-state index contributed by atoms with van der Waals surface area (Å²) in [5.74, 6) is 0.175. The van der Waals surface area contributed by atoms with Crippen LogP contribution in [0.4, 0.5) is 18.9 Å². The van der Waals surface area contributed by atoms with Crippen LogP contribution in [0.1, 0.15) is 28.7 Å². The van der Waals surface area contributed by atoms with Crippen molar-refractivity contribution < 1.29 is 27.4 Å². The molecule has 208 valence electrons. The Balaban J connectivity index is 1.33. The molecule has 39 heavy (non-hydrogen) atoms. The Morgan fingerprint density at radius 3 is 2.46 bits per heavy atom. The number of alkyl halides is 3. The van der Waals surface area contributed by atoms with Gasteiger partial charge in [0.2, 0.25) is 5.88 Å². The van der Waals surface area contributed by atoms with Gasteiger partial charge in [0.25, 0.3) is 0 Å². The number of anilines is 1. The first kappa shape index (κ1) is 29.0. The largest absolute Gasteiger partial charge is 0.487 e. The second-order valence-electron chi connectivity index (χ2n) is 9.39. The van der Waals surface area contributed by atoms with Crippen LogP contribution in [0.2, 0.25) is 10.0 Å². The molecule has 2 aromatic carbocycles. The lowest BCUT2D eigenvalue weighted by atomic mass is 9.94. The fourth-order valence-electron chi connectivity index (χ4n) is 4.60. The first-order valence-electron chi connectivity index (χ1n) is 12.4. The number of aldehydes is 1. The third-order valence-electron chi connectivity index (χ3n) is 6.53. The van der Waals surface area contributed by atoms with Gasteiger partial charge in [-0.3, -0.25) is 0 Å². The number of carbonyl (C=O) groups excluding carboxylic acids is 1. The SMILES string of the molecule is Cc1cc(Cl)c(OCCOc2ccc(CC(C=O)C(N)N3CCCc4cc(C(F)(F)F)ccc43)cn2)c(Cl)c1. The number of aryl methyl sites for hydroxylation is 2. The lowest BCUT2D eigenvalue weighted by Gasteiger charge is -2.38. The number of fused-ring (bicyclic) bond motifs is 1. The van der Waals surface area contributed by atoms with Gasteiger partial charge in [0.15, 0.2) is 5.75 Å². The predicted octanol–water partition coefficient (Wildman–Crippen LogP) is 6.27. The lowest BCUT2D eigenvalue weighted by molar-refractivity contribution is -0.137. The molecule has 4 rings (SSSR count). The van der Waals surface area contributed by atoms with Gasteiger partial charge in [-0.1, -0.05) is 29.3 Å². The summed E-state index contributed by atoms with van der Waals surface area (Å²) < 4.78 is 50.7. The second-order valence-corrected chi connectivity index (χ2v) is 10.2. The minimum atomic E-state index is -4.41. The number of nitrogens with zero attached hydrogens (tertiary/aromatic N) is 2. The fraction of sp³-hybridized carbons (Fsp3) is 0.357. The third-order valence-corrected chi connectivity index (χ3v) is 7.09. The Morgan fingerprint density at radius 1 is 1.10 bits per heavy atom. The Kier molecular flexibility index (Phi) is 9.25. The zero-order chi connectivity index (χ0) is 28.2. The Bertz CT molecular complexity index is 1280. The van der Waals surface area contributed by atoms with Crippen LogP contribution >= 0.6 is 23.2 Å². The number of benzene rings is 2. The van der Waals surface area contributed by atoms with Crippen molar-refractivity contribution in [2.45, 2.75) is 38.5 Å². The van der Waals surface area contributed by atoms with E-state index in [-0.39, 0.29) is 13.2 Å². The molecule has 0 saturated heterocycles. The quantitative estimate of drug-likeness (QED) is 0.224. The van der Waals surface area contributed by atoms with Gasteiger partial charge >= 0.3 is 6.18 Å². The number of hydrogen-bond donors (Lipinski definition) is 1. The molecule has 3 aromatic rings. The summed E-state index contributed by atoms with van der Waals surface area (Å²) in [7, 11) is 0. The molecule has 0 spiro atoms. The van der Waals surface area contributed by atoms with E-state index in [0.717, 1.165) is 23.5 Å².